The van der Waals surface area contributed by atoms with Crippen molar-refractivity contribution in [2.24, 2.45) is 15.9 Å². The second-order valence-electron chi connectivity index (χ2n) is 5.86. The summed E-state index contributed by atoms with van der Waals surface area (Å²) in [6, 6.07) is 5.66. The summed E-state index contributed by atoms with van der Waals surface area (Å²) in [5.41, 5.74) is 2.31. The van der Waals surface area contributed by atoms with Crippen LogP contribution in [-0.4, -0.2) is 34.2 Å². The van der Waals surface area contributed by atoms with E-state index >= 15 is 0 Å². The fourth-order valence-electron chi connectivity index (χ4n) is 2.84. The molecule has 0 bridgehead atoms. The predicted molar refractivity (Wildman–Crippen MR) is 97.6 cm³/mol. The number of benzene rings is 1. The van der Waals surface area contributed by atoms with E-state index in [2.05, 4.69) is 25.3 Å². The lowest BCUT2D eigenvalue weighted by Crippen LogP contribution is -2.42. The highest BCUT2D eigenvalue weighted by atomic mass is 16.5. The van der Waals surface area contributed by atoms with E-state index in [9.17, 15) is 4.79 Å². The highest BCUT2D eigenvalue weighted by molar-refractivity contribution is 6.17. The smallest absolute Gasteiger partial charge is 0.253 e. The van der Waals surface area contributed by atoms with Crippen LogP contribution in [0.4, 0.5) is 5.95 Å². The first-order valence-electron chi connectivity index (χ1n) is 8.37. The molecular weight excluding hydrogens is 318 g/mol. The molecule has 0 fully saturated rings. The largest absolute Gasteiger partial charge is 0.494 e. The van der Waals surface area contributed by atoms with Crippen molar-refractivity contribution in [1.29, 1.82) is 0 Å². The fourth-order valence-corrected chi connectivity index (χ4v) is 2.84. The van der Waals surface area contributed by atoms with Crippen molar-refractivity contribution in [1.82, 2.24) is 15.3 Å². The standard InChI is InChI=1S/C18H21N5O2/c1-5-13-10(3)19-18(22-16(13)24)23-17-20-11(4)14-9-12(25-6-2)7-8-15(14)21-17/h7-9,13H,5-6H2,1-4H3,(H,20,21,22,23,24). The average Bonchev–Trinajstić information content (AvgIpc) is 2.55. The lowest BCUT2D eigenvalue weighted by atomic mass is 9.99. The van der Waals surface area contributed by atoms with Gasteiger partial charge >= 0.3 is 0 Å². The summed E-state index contributed by atoms with van der Waals surface area (Å²) in [6.45, 7) is 8.23. The maximum Gasteiger partial charge on any atom is 0.253 e. The van der Waals surface area contributed by atoms with Crippen LogP contribution < -0.4 is 10.1 Å². The first kappa shape index (κ1) is 17.0. The molecule has 1 aliphatic heterocycles. The summed E-state index contributed by atoms with van der Waals surface area (Å²) in [4.78, 5) is 29.6. The quantitative estimate of drug-likeness (QED) is 0.927. The topological polar surface area (TPSA) is 88.8 Å². The van der Waals surface area contributed by atoms with Crippen LogP contribution in [0.3, 0.4) is 0 Å². The monoisotopic (exact) mass is 339 g/mol. The van der Waals surface area contributed by atoms with E-state index < -0.39 is 0 Å². The van der Waals surface area contributed by atoms with Gasteiger partial charge in [0.2, 0.25) is 11.9 Å². The zero-order chi connectivity index (χ0) is 18.0. The van der Waals surface area contributed by atoms with Crippen LogP contribution in [0.2, 0.25) is 0 Å². The molecule has 0 radical (unpaired) electrons. The Labute approximate surface area is 146 Å². The van der Waals surface area contributed by atoms with Gasteiger partial charge in [0, 0.05) is 11.1 Å². The minimum absolute atomic E-state index is 0.0902. The third kappa shape index (κ3) is 3.50. The molecular formula is C18H21N5O2. The van der Waals surface area contributed by atoms with Gasteiger partial charge in [0.1, 0.15) is 5.75 Å². The minimum Gasteiger partial charge on any atom is -0.494 e. The van der Waals surface area contributed by atoms with E-state index in [-0.39, 0.29) is 23.7 Å². The molecule has 1 amide bonds. The van der Waals surface area contributed by atoms with E-state index in [4.69, 9.17) is 4.74 Å². The van der Waals surface area contributed by atoms with Crippen molar-refractivity contribution in [2.45, 2.75) is 34.1 Å². The van der Waals surface area contributed by atoms with E-state index in [1.165, 1.54) is 0 Å². The number of ether oxygens (including phenoxy) is 1. The number of nitrogens with zero attached hydrogens (tertiary/aromatic N) is 4. The number of hydrogen-bond donors (Lipinski definition) is 1. The predicted octanol–water partition coefficient (Wildman–Crippen LogP) is 2.94. The molecule has 1 aliphatic rings. The molecule has 25 heavy (non-hydrogen) atoms. The molecule has 2 heterocycles. The Morgan fingerprint density at radius 2 is 2.04 bits per heavy atom. The van der Waals surface area contributed by atoms with E-state index in [0.717, 1.165) is 28.1 Å². The maximum atomic E-state index is 12.1. The fraction of sp³-hybridized carbons (Fsp3) is 0.389. The average molecular weight is 339 g/mol. The second kappa shape index (κ2) is 6.96. The van der Waals surface area contributed by atoms with Gasteiger partial charge in [-0.25, -0.2) is 15.0 Å². The number of fused-ring (bicyclic) bond motifs is 1. The molecule has 1 unspecified atom stereocenters. The van der Waals surface area contributed by atoms with E-state index in [0.29, 0.717) is 13.0 Å². The van der Waals surface area contributed by atoms with E-state index in [1.807, 2.05) is 45.9 Å². The van der Waals surface area contributed by atoms with Gasteiger partial charge in [-0.3, -0.25) is 10.1 Å². The van der Waals surface area contributed by atoms with Crippen molar-refractivity contribution >= 4 is 34.4 Å². The van der Waals surface area contributed by atoms with Gasteiger partial charge in [0.05, 0.1) is 23.7 Å². The van der Waals surface area contributed by atoms with Gasteiger partial charge in [-0.2, -0.15) is 4.99 Å². The first-order valence-corrected chi connectivity index (χ1v) is 8.37. The Balaban J connectivity index is 1.98. The number of rotatable bonds is 4. The number of nitrogens with one attached hydrogen (secondary N) is 1. The molecule has 0 saturated heterocycles. The van der Waals surface area contributed by atoms with Crippen molar-refractivity contribution in [3.05, 3.63) is 23.9 Å². The number of hydrogen-bond acceptors (Lipinski definition) is 5. The first-order chi connectivity index (χ1) is 12.0. The summed E-state index contributed by atoms with van der Waals surface area (Å²) in [5.74, 6) is 1.00. The summed E-state index contributed by atoms with van der Waals surface area (Å²) >= 11 is 0. The van der Waals surface area contributed by atoms with Crippen LogP contribution in [0.5, 0.6) is 5.75 Å². The summed E-state index contributed by atoms with van der Waals surface area (Å²) in [6.07, 6.45) is 0.711. The van der Waals surface area contributed by atoms with Gasteiger partial charge in [-0.15, -0.1) is 0 Å². The molecule has 7 nitrogen and oxygen atoms in total. The van der Waals surface area contributed by atoms with Crippen molar-refractivity contribution in [2.75, 3.05) is 6.61 Å². The highest BCUT2D eigenvalue weighted by Gasteiger charge is 2.25. The molecule has 0 aliphatic carbocycles. The van der Waals surface area contributed by atoms with Gasteiger partial charge in [-0.1, -0.05) is 6.92 Å². The van der Waals surface area contributed by atoms with Crippen LogP contribution >= 0.6 is 0 Å². The van der Waals surface area contributed by atoms with Crippen LogP contribution in [0, 0.1) is 12.8 Å². The maximum absolute atomic E-state index is 12.1. The lowest BCUT2D eigenvalue weighted by molar-refractivity contribution is -0.121. The Bertz CT molecular complexity index is 888. The number of aryl methyl sites for hydroxylation is 1. The zero-order valence-electron chi connectivity index (χ0n) is 14.8. The highest BCUT2D eigenvalue weighted by Crippen LogP contribution is 2.24. The van der Waals surface area contributed by atoms with Crippen LogP contribution in [-0.2, 0) is 4.79 Å². The number of carbonyl (C=O) groups excluding carboxylic acids is 1. The molecule has 1 N–H and O–H groups in total. The summed E-state index contributed by atoms with van der Waals surface area (Å²) < 4.78 is 5.52. The van der Waals surface area contributed by atoms with Crippen molar-refractivity contribution in [3.63, 3.8) is 0 Å². The molecule has 2 aromatic rings. The molecule has 130 valence electrons. The normalized spacial score (nSPS) is 19.0. The number of amides is 1. The third-order valence-corrected chi connectivity index (χ3v) is 4.11. The second-order valence-corrected chi connectivity index (χ2v) is 5.86. The number of guanidine groups is 1. The Morgan fingerprint density at radius 1 is 1.24 bits per heavy atom. The van der Waals surface area contributed by atoms with Gasteiger partial charge < -0.3 is 4.74 Å². The van der Waals surface area contributed by atoms with Crippen molar-refractivity contribution in [3.8, 4) is 5.75 Å². The summed E-state index contributed by atoms with van der Waals surface area (Å²) in [7, 11) is 0. The van der Waals surface area contributed by atoms with Crippen LogP contribution in [0.15, 0.2) is 28.2 Å². The van der Waals surface area contributed by atoms with Gasteiger partial charge in [-0.05, 0) is 45.4 Å². The molecule has 1 aromatic carbocycles. The molecule has 1 atom stereocenters. The lowest BCUT2D eigenvalue weighted by Gasteiger charge is -2.19. The number of carbonyl (C=O) groups is 1. The Hall–Kier alpha value is -2.83. The molecule has 0 saturated carbocycles. The molecule has 0 spiro atoms. The molecule has 7 heteroatoms. The van der Waals surface area contributed by atoms with Gasteiger partial charge in [0.25, 0.3) is 5.95 Å². The summed E-state index contributed by atoms with van der Waals surface area (Å²) in [5, 5.41) is 3.62. The molecule has 1 aromatic heterocycles. The number of aliphatic imine (C=N–C) groups is 2. The Morgan fingerprint density at radius 3 is 2.72 bits per heavy atom. The minimum atomic E-state index is -0.199. The van der Waals surface area contributed by atoms with Gasteiger partial charge in [0.15, 0.2) is 0 Å². The zero-order valence-corrected chi connectivity index (χ0v) is 14.8. The Kier molecular flexibility index (Phi) is 4.74. The molecule has 3 rings (SSSR count). The van der Waals surface area contributed by atoms with E-state index in [1.54, 1.807) is 0 Å². The number of aromatic nitrogens is 2. The van der Waals surface area contributed by atoms with Crippen molar-refractivity contribution < 1.29 is 9.53 Å². The SMILES string of the molecule is CCOc1ccc2nc(/N=C3\N=C(C)C(CC)C(=O)N3)nc(C)c2c1. The third-order valence-electron chi connectivity index (χ3n) is 4.11. The van der Waals surface area contributed by atoms with Crippen LogP contribution in [0.25, 0.3) is 10.9 Å². The van der Waals surface area contributed by atoms with Crippen LogP contribution in [0.1, 0.15) is 32.9 Å².